The highest BCUT2D eigenvalue weighted by atomic mass is 16.5. The van der Waals surface area contributed by atoms with Gasteiger partial charge in [-0.3, -0.25) is 9.69 Å². The van der Waals surface area contributed by atoms with Crippen molar-refractivity contribution in [3.05, 3.63) is 114 Å². The van der Waals surface area contributed by atoms with Crippen molar-refractivity contribution in [1.29, 1.82) is 0 Å². The first-order chi connectivity index (χ1) is 17.2. The zero-order chi connectivity index (χ0) is 23.8. The van der Waals surface area contributed by atoms with Crippen molar-refractivity contribution in [2.24, 2.45) is 0 Å². The number of aromatic nitrogens is 3. The number of nitrogens with zero attached hydrogens (tertiary/aromatic N) is 4. The Bertz CT molecular complexity index is 1530. The zero-order valence-corrected chi connectivity index (χ0v) is 19.1. The Morgan fingerprint density at radius 1 is 0.914 bits per heavy atom. The maximum Gasteiger partial charge on any atom is 0.262 e. The Morgan fingerprint density at radius 3 is 2.54 bits per heavy atom. The first-order valence-corrected chi connectivity index (χ1v) is 11.4. The number of hydrogen-bond acceptors (Lipinski definition) is 5. The molecule has 6 rings (SSSR count). The fourth-order valence-corrected chi connectivity index (χ4v) is 4.63. The van der Waals surface area contributed by atoms with Gasteiger partial charge in [-0.25, -0.2) is 4.68 Å². The molecule has 35 heavy (non-hydrogen) atoms. The Hall–Kier alpha value is -4.65. The van der Waals surface area contributed by atoms with E-state index in [-0.39, 0.29) is 5.91 Å². The van der Waals surface area contributed by atoms with Crippen LogP contribution >= 0.6 is 0 Å². The van der Waals surface area contributed by atoms with Crippen LogP contribution in [0.4, 0.5) is 11.4 Å². The molecule has 1 N–H and O–H groups in total. The monoisotopic (exact) mass is 461 g/mol. The predicted molar refractivity (Wildman–Crippen MR) is 136 cm³/mol. The van der Waals surface area contributed by atoms with E-state index in [1.54, 1.807) is 12.0 Å². The molecule has 0 spiro atoms. The van der Waals surface area contributed by atoms with Crippen molar-refractivity contribution < 1.29 is 9.53 Å². The summed E-state index contributed by atoms with van der Waals surface area (Å²) in [5.74, 6) is 0.706. The Balaban J connectivity index is 1.44. The summed E-state index contributed by atoms with van der Waals surface area (Å²) in [4.78, 5) is 15.5. The summed E-state index contributed by atoms with van der Waals surface area (Å²) in [5, 5.41) is 12.2. The Kier molecular flexibility index (Phi) is 5.15. The molecule has 7 heteroatoms. The predicted octanol–water partition coefficient (Wildman–Crippen LogP) is 5.26. The van der Waals surface area contributed by atoms with Crippen molar-refractivity contribution in [2.45, 2.75) is 12.7 Å². The normalized spacial score (nSPS) is 15.1. The van der Waals surface area contributed by atoms with E-state index in [2.05, 4.69) is 21.7 Å². The van der Waals surface area contributed by atoms with Gasteiger partial charge in [0.25, 0.3) is 5.91 Å². The average Bonchev–Trinajstić information content (AvgIpc) is 3.32. The van der Waals surface area contributed by atoms with Crippen LogP contribution in [-0.4, -0.2) is 28.0 Å². The lowest BCUT2D eigenvalue weighted by Gasteiger charge is -2.38. The van der Waals surface area contributed by atoms with Crippen LogP contribution in [0.25, 0.3) is 11.0 Å². The third-order valence-corrected chi connectivity index (χ3v) is 6.32. The summed E-state index contributed by atoms with van der Waals surface area (Å²) in [6, 6.07) is 31.2. The van der Waals surface area contributed by atoms with Gasteiger partial charge in [0.1, 0.15) is 17.4 Å². The van der Waals surface area contributed by atoms with Gasteiger partial charge in [-0.15, -0.1) is 5.10 Å². The van der Waals surface area contributed by atoms with Crippen LogP contribution in [0.15, 0.2) is 97.1 Å². The van der Waals surface area contributed by atoms with E-state index in [1.807, 2.05) is 95.7 Å². The number of hydrogen-bond donors (Lipinski definition) is 1. The number of ether oxygens (including phenoxy) is 1. The fourth-order valence-electron chi connectivity index (χ4n) is 4.63. The Labute approximate surface area is 202 Å². The molecular formula is C28H23N5O2. The lowest BCUT2D eigenvalue weighted by atomic mass is 10.0. The molecule has 0 saturated heterocycles. The Morgan fingerprint density at radius 2 is 1.69 bits per heavy atom. The molecular weight excluding hydrogens is 438 g/mol. The first-order valence-electron chi connectivity index (χ1n) is 11.4. The van der Waals surface area contributed by atoms with E-state index in [4.69, 9.17) is 4.74 Å². The van der Waals surface area contributed by atoms with Crippen molar-refractivity contribution in [1.82, 2.24) is 15.0 Å². The van der Waals surface area contributed by atoms with Gasteiger partial charge in [0.15, 0.2) is 0 Å². The molecule has 0 fully saturated rings. The van der Waals surface area contributed by atoms with E-state index in [1.165, 1.54) is 0 Å². The van der Waals surface area contributed by atoms with Crippen molar-refractivity contribution in [3.63, 3.8) is 0 Å². The second-order valence-corrected chi connectivity index (χ2v) is 8.41. The first kappa shape index (κ1) is 20.9. The number of rotatable bonds is 5. The van der Waals surface area contributed by atoms with E-state index >= 15 is 0 Å². The molecule has 1 atom stereocenters. The molecule has 172 valence electrons. The smallest absolute Gasteiger partial charge is 0.262 e. The largest absolute Gasteiger partial charge is 0.496 e. The summed E-state index contributed by atoms with van der Waals surface area (Å²) in [6.45, 7) is 0.486. The molecule has 1 aliphatic heterocycles. The maximum absolute atomic E-state index is 13.7. The van der Waals surface area contributed by atoms with Crippen LogP contribution in [0.3, 0.4) is 0 Å². The minimum absolute atomic E-state index is 0.0461. The standard InChI is InChI=1S/C28H23N5O2/c1-35-26-16-15-19(17-20(26)18-32-25-14-8-7-13-24(25)30-31-32)27-29-23-12-6-5-11-22(23)28(34)33(27)21-9-3-2-4-10-21/h2-17,27,29H,18H2,1H3. The summed E-state index contributed by atoms with van der Waals surface area (Å²) in [5.41, 5.74) is 5.97. The lowest BCUT2D eigenvalue weighted by molar-refractivity contribution is 0.0975. The number of methoxy groups -OCH3 is 1. The van der Waals surface area contributed by atoms with Crippen LogP contribution in [0.1, 0.15) is 27.7 Å². The number of fused-ring (bicyclic) bond motifs is 2. The highest BCUT2D eigenvalue weighted by molar-refractivity contribution is 6.12. The SMILES string of the molecule is COc1ccc(C2Nc3ccccc3C(=O)N2c2ccccc2)cc1Cn1nnc2ccccc21. The van der Waals surface area contributed by atoms with Gasteiger partial charge < -0.3 is 10.1 Å². The van der Waals surface area contributed by atoms with Gasteiger partial charge in [-0.1, -0.05) is 53.7 Å². The summed E-state index contributed by atoms with van der Waals surface area (Å²) < 4.78 is 7.54. The molecule has 0 radical (unpaired) electrons. The minimum atomic E-state index is -0.392. The van der Waals surface area contributed by atoms with Crippen molar-refractivity contribution in [2.75, 3.05) is 17.3 Å². The number of nitrogens with one attached hydrogen (secondary N) is 1. The zero-order valence-electron chi connectivity index (χ0n) is 19.1. The number of anilines is 2. The molecule has 1 unspecified atom stereocenters. The molecule has 1 aromatic heterocycles. The number of benzene rings is 4. The second kappa shape index (κ2) is 8.61. The molecule has 0 bridgehead atoms. The number of amides is 1. The average molecular weight is 462 g/mol. The van der Waals surface area contributed by atoms with Gasteiger partial charge in [-0.05, 0) is 54.1 Å². The number of carbonyl (C=O) groups excluding carboxylic acids is 1. The van der Waals surface area contributed by atoms with Gasteiger partial charge in [-0.2, -0.15) is 0 Å². The van der Waals surface area contributed by atoms with Crippen LogP contribution in [-0.2, 0) is 6.54 Å². The van der Waals surface area contributed by atoms with Gasteiger partial charge in [0.2, 0.25) is 0 Å². The lowest BCUT2D eigenvalue weighted by Crippen LogP contribution is -2.43. The van der Waals surface area contributed by atoms with E-state index in [0.717, 1.165) is 39.3 Å². The maximum atomic E-state index is 13.7. The third-order valence-electron chi connectivity index (χ3n) is 6.32. The third kappa shape index (κ3) is 3.67. The van der Waals surface area contributed by atoms with Gasteiger partial charge in [0.05, 0.1) is 24.7 Å². The fraction of sp³-hybridized carbons (Fsp3) is 0.107. The molecule has 1 aliphatic rings. The van der Waals surface area contributed by atoms with Gasteiger partial charge >= 0.3 is 0 Å². The van der Waals surface area contributed by atoms with Gasteiger partial charge in [0, 0.05) is 16.9 Å². The summed E-state index contributed by atoms with van der Waals surface area (Å²) in [6.07, 6.45) is -0.392. The van der Waals surface area contributed by atoms with E-state index in [0.29, 0.717) is 12.1 Å². The quantitative estimate of drug-likeness (QED) is 0.387. The molecule has 4 aromatic carbocycles. The highest BCUT2D eigenvalue weighted by Gasteiger charge is 2.34. The van der Waals surface area contributed by atoms with Crippen LogP contribution < -0.4 is 15.0 Å². The minimum Gasteiger partial charge on any atom is -0.496 e. The van der Waals surface area contributed by atoms with E-state index < -0.39 is 6.17 Å². The number of para-hydroxylation sites is 3. The second-order valence-electron chi connectivity index (χ2n) is 8.41. The highest BCUT2D eigenvalue weighted by Crippen LogP contribution is 2.37. The molecule has 0 saturated carbocycles. The molecule has 7 nitrogen and oxygen atoms in total. The van der Waals surface area contributed by atoms with Crippen molar-refractivity contribution in [3.8, 4) is 5.75 Å². The number of carbonyl (C=O) groups is 1. The molecule has 1 amide bonds. The van der Waals surface area contributed by atoms with Crippen LogP contribution in [0.5, 0.6) is 5.75 Å². The van der Waals surface area contributed by atoms with Crippen molar-refractivity contribution >= 4 is 28.3 Å². The molecule has 0 aliphatic carbocycles. The topological polar surface area (TPSA) is 72.3 Å². The van der Waals surface area contributed by atoms with E-state index in [9.17, 15) is 4.79 Å². The summed E-state index contributed by atoms with van der Waals surface area (Å²) >= 11 is 0. The summed E-state index contributed by atoms with van der Waals surface area (Å²) in [7, 11) is 1.66. The van der Waals surface area contributed by atoms with Crippen LogP contribution in [0.2, 0.25) is 0 Å². The molecule has 2 heterocycles. The van der Waals surface area contributed by atoms with Crippen LogP contribution in [0, 0.1) is 0 Å². The molecule has 5 aromatic rings.